The smallest absolute Gasteiger partial charge is 0.162 e. The molecule has 3 rings (SSSR count). The highest BCUT2D eigenvalue weighted by Crippen LogP contribution is 2.48. The lowest BCUT2D eigenvalue weighted by Crippen LogP contribution is -2.36. The zero-order valence-corrected chi connectivity index (χ0v) is 17.4. The fraction of sp³-hybridized carbons (Fsp3) is 0.364. The Morgan fingerprint density at radius 2 is 2.04 bits per heavy atom. The molecule has 0 amide bonds. The van der Waals surface area contributed by atoms with Crippen LogP contribution in [-0.2, 0) is 4.79 Å². The summed E-state index contributed by atoms with van der Waals surface area (Å²) in [6.07, 6.45) is 1.28. The molecule has 3 nitrogen and oxygen atoms in total. The van der Waals surface area contributed by atoms with Crippen LogP contribution in [0.25, 0.3) is 0 Å². The van der Waals surface area contributed by atoms with E-state index in [0.717, 1.165) is 39.6 Å². The molecule has 1 aliphatic carbocycles. The molecule has 1 aromatic carbocycles. The number of benzene rings is 1. The average Bonchev–Trinajstić information content (AvgIpc) is 2.58. The van der Waals surface area contributed by atoms with Crippen molar-refractivity contribution in [1.29, 1.82) is 5.26 Å². The Labute approximate surface area is 170 Å². The van der Waals surface area contributed by atoms with Crippen molar-refractivity contribution in [2.75, 3.05) is 5.75 Å². The van der Waals surface area contributed by atoms with Gasteiger partial charge in [-0.2, -0.15) is 5.26 Å². The zero-order valence-electron chi connectivity index (χ0n) is 15.9. The number of hydrogen-bond acceptors (Lipinski definition) is 4. The lowest BCUT2D eigenvalue weighted by atomic mass is 9.69. The number of rotatable bonds is 4. The van der Waals surface area contributed by atoms with Crippen molar-refractivity contribution < 1.29 is 4.79 Å². The second-order valence-electron chi connectivity index (χ2n) is 8.04. The fourth-order valence-electron chi connectivity index (χ4n) is 3.67. The summed E-state index contributed by atoms with van der Waals surface area (Å²) in [5.41, 5.74) is 4.13. The second kappa shape index (κ2) is 7.58. The molecule has 0 bridgehead atoms. The van der Waals surface area contributed by atoms with Gasteiger partial charge in [-0.25, -0.2) is 0 Å². The zero-order chi connectivity index (χ0) is 19.8. The highest BCUT2D eigenvalue weighted by atomic mass is 35.5. The van der Waals surface area contributed by atoms with Crippen molar-refractivity contribution in [3.8, 4) is 6.07 Å². The number of carbonyl (C=O) groups is 1. The lowest BCUT2D eigenvalue weighted by molar-refractivity contribution is -0.118. The van der Waals surface area contributed by atoms with E-state index >= 15 is 0 Å². The summed E-state index contributed by atoms with van der Waals surface area (Å²) in [6, 6.07) is 9.81. The maximum atomic E-state index is 13.1. The van der Waals surface area contributed by atoms with Crippen molar-refractivity contribution >= 4 is 29.1 Å². The molecule has 1 aromatic rings. The largest absolute Gasteiger partial charge is 0.352 e. The van der Waals surface area contributed by atoms with Gasteiger partial charge in [0.05, 0.1) is 22.6 Å². The van der Waals surface area contributed by atoms with Crippen LogP contribution in [0.4, 0.5) is 0 Å². The summed E-state index contributed by atoms with van der Waals surface area (Å²) in [7, 11) is 0. The van der Waals surface area contributed by atoms with E-state index in [4.69, 9.17) is 11.6 Å². The molecule has 1 aliphatic heterocycles. The number of nitrogens with zero attached hydrogens (tertiary/aromatic N) is 1. The van der Waals surface area contributed by atoms with E-state index in [1.54, 1.807) is 11.8 Å². The van der Waals surface area contributed by atoms with Crippen LogP contribution in [0, 0.1) is 16.7 Å². The molecule has 1 atom stereocenters. The second-order valence-corrected chi connectivity index (χ2v) is 9.47. The number of dihydropyridines is 1. The van der Waals surface area contributed by atoms with E-state index in [2.05, 4.69) is 31.8 Å². The maximum absolute atomic E-state index is 13.1. The van der Waals surface area contributed by atoms with Crippen molar-refractivity contribution in [2.45, 2.75) is 39.5 Å². The summed E-state index contributed by atoms with van der Waals surface area (Å²) < 4.78 is 0. The van der Waals surface area contributed by atoms with Gasteiger partial charge >= 0.3 is 0 Å². The third-order valence-electron chi connectivity index (χ3n) is 4.79. The Morgan fingerprint density at radius 1 is 1.37 bits per heavy atom. The van der Waals surface area contributed by atoms with Gasteiger partial charge in [-0.1, -0.05) is 49.7 Å². The molecule has 0 fully saturated rings. The molecule has 1 unspecified atom stereocenters. The minimum absolute atomic E-state index is 0.0955. The van der Waals surface area contributed by atoms with E-state index < -0.39 is 0 Å². The van der Waals surface area contributed by atoms with E-state index in [1.807, 2.05) is 31.2 Å². The van der Waals surface area contributed by atoms with Crippen LogP contribution in [0.5, 0.6) is 0 Å². The third kappa shape index (κ3) is 4.15. The summed E-state index contributed by atoms with van der Waals surface area (Å²) in [5.74, 6) is 0.492. The van der Waals surface area contributed by atoms with Crippen LogP contribution in [0.1, 0.15) is 45.1 Å². The Hall–Kier alpha value is -1.96. The fourth-order valence-corrected chi connectivity index (χ4v) is 4.71. The third-order valence-corrected chi connectivity index (χ3v) is 6.29. The monoisotopic (exact) mass is 398 g/mol. The predicted octanol–water partition coefficient (Wildman–Crippen LogP) is 5.71. The van der Waals surface area contributed by atoms with Gasteiger partial charge in [0.15, 0.2) is 5.78 Å². The molecular formula is C22H23ClN2OS. The molecule has 0 saturated carbocycles. The molecule has 0 radical (unpaired) electrons. The van der Waals surface area contributed by atoms with Gasteiger partial charge in [-0.3, -0.25) is 4.79 Å². The number of nitriles is 1. The van der Waals surface area contributed by atoms with Crippen molar-refractivity contribution in [1.82, 2.24) is 5.32 Å². The number of carbonyl (C=O) groups excluding carboxylic acids is 1. The molecule has 0 saturated heterocycles. The SMILES string of the molecule is C=C(C)CSC1=C(C#N)C(c2ccc(Cl)cc2)C2=C(CC(C)(C)CC2=O)N1. The minimum atomic E-state index is -0.347. The Kier molecular flexibility index (Phi) is 5.55. The van der Waals surface area contributed by atoms with Crippen LogP contribution in [-0.4, -0.2) is 11.5 Å². The van der Waals surface area contributed by atoms with Crippen molar-refractivity contribution in [2.24, 2.45) is 5.41 Å². The van der Waals surface area contributed by atoms with Crippen LogP contribution in [0.3, 0.4) is 0 Å². The molecular weight excluding hydrogens is 376 g/mol. The highest BCUT2D eigenvalue weighted by molar-refractivity contribution is 8.03. The molecule has 140 valence electrons. The summed E-state index contributed by atoms with van der Waals surface area (Å²) in [5, 5.41) is 14.8. The molecule has 27 heavy (non-hydrogen) atoms. The predicted molar refractivity (Wildman–Crippen MR) is 112 cm³/mol. The average molecular weight is 399 g/mol. The first-order valence-electron chi connectivity index (χ1n) is 8.92. The van der Waals surface area contributed by atoms with Gasteiger partial charge in [0.1, 0.15) is 0 Å². The van der Waals surface area contributed by atoms with E-state index in [0.29, 0.717) is 17.0 Å². The number of Topliss-reactive ketones (excluding diaryl/α,β-unsaturated/α-hetero) is 1. The quantitative estimate of drug-likeness (QED) is 0.659. The molecule has 1 N–H and O–H groups in total. The molecule has 0 aromatic heterocycles. The Bertz CT molecular complexity index is 903. The van der Waals surface area contributed by atoms with Crippen molar-refractivity contribution in [3.63, 3.8) is 0 Å². The molecule has 0 spiro atoms. The van der Waals surface area contributed by atoms with Crippen LogP contribution >= 0.6 is 23.4 Å². The van der Waals surface area contributed by atoms with E-state index in [-0.39, 0.29) is 17.1 Å². The van der Waals surface area contributed by atoms with Gasteiger partial charge in [0.2, 0.25) is 0 Å². The van der Waals surface area contributed by atoms with Crippen LogP contribution in [0.2, 0.25) is 5.02 Å². The van der Waals surface area contributed by atoms with Crippen LogP contribution < -0.4 is 5.32 Å². The van der Waals surface area contributed by atoms with Gasteiger partial charge in [0.25, 0.3) is 0 Å². The number of halogens is 1. The topological polar surface area (TPSA) is 52.9 Å². The van der Waals surface area contributed by atoms with Gasteiger partial charge < -0.3 is 5.32 Å². The van der Waals surface area contributed by atoms with E-state index in [9.17, 15) is 10.1 Å². The summed E-state index contributed by atoms with van der Waals surface area (Å²) >= 11 is 7.63. The standard InChI is InChI=1S/C22H23ClN2OS/c1-13(2)12-27-21-16(11-24)19(14-5-7-15(23)8-6-14)20-17(25-21)9-22(3,4)10-18(20)26/h5-8,19,25H,1,9-10,12H2,2-4H3. The first-order valence-corrected chi connectivity index (χ1v) is 10.3. The summed E-state index contributed by atoms with van der Waals surface area (Å²) in [6.45, 7) is 10.1. The van der Waals surface area contributed by atoms with Gasteiger partial charge in [-0.15, -0.1) is 11.8 Å². The van der Waals surface area contributed by atoms with Crippen LogP contribution in [0.15, 0.2) is 58.3 Å². The number of nitrogens with one attached hydrogen (secondary N) is 1. The number of hydrogen-bond donors (Lipinski definition) is 1. The van der Waals surface area contributed by atoms with Gasteiger partial charge in [-0.05, 0) is 36.5 Å². The van der Waals surface area contributed by atoms with E-state index in [1.165, 1.54) is 0 Å². The Balaban J connectivity index is 2.14. The highest BCUT2D eigenvalue weighted by Gasteiger charge is 2.41. The van der Waals surface area contributed by atoms with Crippen molar-refractivity contribution in [3.05, 3.63) is 68.9 Å². The maximum Gasteiger partial charge on any atom is 0.162 e. The molecule has 5 heteroatoms. The lowest BCUT2D eigenvalue weighted by Gasteiger charge is -2.39. The first kappa shape index (κ1) is 19.8. The molecule has 1 heterocycles. The number of thioether (sulfide) groups is 1. The first-order chi connectivity index (χ1) is 12.7. The minimum Gasteiger partial charge on any atom is -0.352 e. The number of allylic oxidation sites excluding steroid dienone is 3. The Morgan fingerprint density at radius 3 is 2.63 bits per heavy atom. The molecule has 2 aliphatic rings. The number of ketones is 1. The summed E-state index contributed by atoms with van der Waals surface area (Å²) in [4.78, 5) is 13.1. The van der Waals surface area contributed by atoms with Gasteiger partial charge in [0, 0.05) is 28.5 Å². The normalized spacial score (nSPS) is 21.4.